The van der Waals surface area contributed by atoms with E-state index in [1.165, 1.54) is 10.1 Å². The topological polar surface area (TPSA) is 90.0 Å². The van der Waals surface area contributed by atoms with E-state index in [1.807, 2.05) is 18.2 Å². The number of aryl methyl sites for hydroxylation is 2. The first-order valence-electron chi connectivity index (χ1n) is 12.2. The van der Waals surface area contributed by atoms with Crippen molar-refractivity contribution in [2.45, 2.75) is 13.5 Å². The van der Waals surface area contributed by atoms with Crippen molar-refractivity contribution in [2.24, 2.45) is 7.05 Å². The van der Waals surface area contributed by atoms with Crippen molar-refractivity contribution >= 4 is 27.8 Å². The molecule has 1 saturated heterocycles. The zero-order valence-electron chi connectivity index (χ0n) is 20.4. The second-order valence-corrected chi connectivity index (χ2v) is 9.56. The molecule has 0 bridgehead atoms. The van der Waals surface area contributed by atoms with Gasteiger partial charge in [-0.3, -0.25) is 14.5 Å². The Hall–Kier alpha value is -4.17. The van der Waals surface area contributed by atoms with Gasteiger partial charge in [0.25, 0.3) is 0 Å². The molecule has 3 aromatic carbocycles. The molecule has 6 rings (SSSR count). The molecule has 182 valence electrons. The molecular weight excluding hydrogens is 452 g/mol. The molecule has 2 N–H and O–H groups in total. The van der Waals surface area contributed by atoms with Crippen LogP contribution in [0.1, 0.15) is 11.1 Å². The molecule has 0 saturated carbocycles. The monoisotopic (exact) mass is 480 g/mol. The van der Waals surface area contributed by atoms with Crippen LogP contribution in [0.5, 0.6) is 0 Å². The SMILES string of the molecule is Cc1ccc(-c2nc3c(N4CCN(Cc5ccc6[nH]c(=O)c(=O)n(C)c6c5)CC4)cccc3[nH]2)cc1. The molecule has 1 fully saturated rings. The van der Waals surface area contributed by atoms with Crippen LogP contribution in [0.3, 0.4) is 0 Å². The normalized spacial score (nSPS) is 14.7. The Morgan fingerprint density at radius 3 is 2.44 bits per heavy atom. The molecule has 0 radical (unpaired) electrons. The second-order valence-electron chi connectivity index (χ2n) is 9.56. The highest BCUT2D eigenvalue weighted by Crippen LogP contribution is 2.29. The van der Waals surface area contributed by atoms with Crippen molar-refractivity contribution in [3.05, 3.63) is 92.5 Å². The van der Waals surface area contributed by atoms with Crippen LogP contribution in [0.25, 0.3) is 33.5 Å². The summed E-state index contributed by atoms with van der Waals surface area (Å²) in [7, 11) is 1.64. The summed E-state index contributed by atoms with van der Waals surface area (Å²) in [6.45, 7) is 6.55. The number of aromatic nitrogens is 4. The number of para-hydroxylation sites is 1. The summed E-state index contributed by atoms with van der Waals surface area (Å²) < 4.78 is 1.42. The molecule has 8 nitrogen and oxygen atoms in total. The zero-order chi connectivity index (χ0) is 24.8. The van der Waals surface area contributed by atoms with Crippen LogP contribution >= 0.6 is 0 Å². The van der Waals surface area contributed by atoms with Gasteiger partial charge >= 0.3 is 11.1 Å². The van der Waals surface area contributed by atoms with Crippen LogP contribution < -0.4 is 16.0 Å². The minimum Gasteiger partial charge on any atom is -0.367 e. The van der Waals surface area contributed by atoms with Gasteiger partial charge in [-0.2, -0.15) is 0 Å². The average molecular weight is 481 g/mol. The summed E-state index contributed by atoms with van der Waals surface area (Å²) in [6, 6.07) is 20.6. The summed E-state index contributed by atoms with van der Waals surface area (Å²) in [5.41, 5.74) is 6.94. The lowest BCUT2D eigenvalue weighted by molar-refractivity contribution is 0.250. The quantitative estimate of drug-likeness (QED) is 0.385. The maximum Gasteiger partial charge on any atom is 0.316 e. The first-order valence-corrected chi connectivity index (χ1v) is 12.2. The average Bonchev–Trinajstić information content (AvgIpc) is 3.33. The highest BCUT2D eigenvalue weighted by Gasteiger charge is 2.20. The standard InChI is InChI=1S/C28H28N6O2/c1-18-6-9-20(10-7-18)26-29-22-4-3-5-23(25(22)31-26)34-14-12-33(13-15-34)17-19-8-11-21-24(16-19)32(2)28(36)27(35)30-21/h3-11,16H,12-15,17H2,1-2H3,(H,29,31)(H,30,35). The van der Waals surface area contributed by atoms with E-state index in [1.54, 1.807) is 7.05 Å². The Kier molecular flexibility index (Phi) is 5.45. The van der Waals surface area contributed by atoms with Crippen LogP contribution in [-0.2, 0) is 13.6 Å². The van der Waals surface area contributed by atoms with Gasteiger partial charge in [-0.1, -0.05) is 42.0 Å². The molecule has 8 heteroatoms. The number of hydrogen-bond donors (Lipinski definition) is 2. The smallest absolute Gasteiger partial charge is 0.316 e. The third-order valence-electron chi connectivity index (χ3n) is 7.11. The molecule has 36 heavy (non-hydrogen) atoms. The predicted octanol–water partition coefficient (Wildman–Crippen LogP) is 3.40. The summed E-state index contributed by atoms with van der Waals surface area (Å²) >= 11 is 0. The number of rotatable bonds is 4. The van der Waals surface area contributed by atoms with Crippen molar-refractivity contribution in [2.75, 3.05) is 31.1 Å². The molecule has 1 aliphatic heterocycles. The summed E-state index contributed by atoms with van der Waals surface area (Å²) in [4.78, 5) is 39.7. The molecule has 3 heterocycles. The van der Waals surface area contributed by atoms with Gasteiger partial charge in [-0.05, 0) is 36.8 Å². The molecular formula is C28H28N6O2. The number of nitrogens with one attached hydrogen (secondary N) is 2. The van der Waals surface area contributed by atoms with Crippen molar-refractivity contribution in [3.63, 3.8) is 0 Å². The van der Waals surface area contributed by atoms with Crippen LogP contribution in [0.2, 0.25) is 0 Å². The van der Waals surface area contributed by atoms with Crippen LogP contribution in [-0.4, -0.2) is 50.6 Å². The van der Waals surface area contributed by atoms with E-state index in [0.717, 1.165) is 71.9 Å². The maximum absolute atomic E-state index is 12.0. The van der Waals surface area contributed by atoms with Crippen LogP contribution in [0, 0.1) is 6.92 Å². The van der Waals surface area contributed by atoms with Crippen molar-refractivity contribution in [3.8, 4) is 11.4 Å². The van der Waals surface area contributed by atoms with Crippen molar-refractivity contribution in [1.82, 2.24) is 24.4 Å². The lowest BCUT2D eigenvalue weighted by Gasteiger charge is -2.36. The molecule has 0 amide bonds. The van der Waals surface area contributed by atoms with Crippen LogP contribution in [0.15, 0.2) is 70.3 Å². The van der Waals surface area contributed by atoms with Gasteiger partial charge in [0.2, 0.25) is 0 Å². The van der Waals surface area contributed by atoms with Gasteiger partial charge in [0.1, 0.15) is 11.3 Å². The first kappa shape index (κ1) is 22.3. The number of anilines is 1. The molecule has 2 aromatic heterocycles. The Bertz CT molecular complexity index is 1690. The third kappa shape index (κ3) is 3.99. The van der Waals surface area contributed by atoms with E-state index in [-0.39, 0.29) is 0 Å². The summed E-state index contributed by atoms with van der Waals surface area (Å²) in [5.74, 6) is 0.892. The number of aromatic amines is 2. The van der Waals surface area contributed by atoms with Gasteiger partial charge in [0.05, 0.1) is 22.2 Å². The number of fused-ring (bicyclic) bond motifs is 2. The molecule has 0 aliphatic carbocycles. The van der Waals surface area contributed by atoms with E-state index < -0.39 is 11.1 Å². The third-order valence-corrected chi connectivity index (χ3v) is 7.11. The number of imidazole rings is 1. The second kappa shape index (κ2) is 8.80. The summed E-state index contributed by atoms with van der Waals surface area (Å²) in [5, 5.41) is 0. The van der Waals surface area contributed by atoms with Crippen molar-refractivity contribution < 1.29 is 0 Å². The van der Waals surface area contributed by atoms with E-state index in [9.17, 15) is 9.59 Å². The molecule has 5 aromatic rings. The maximum atomic E-state index is 12.0. The lowest BCUT2D eigenvalue weighted by Crippen LogP contribution is -2.46. The summed E-state index contributed by atoms with van der Waals surface area (Å²) in [6.07, 6.45) is 0. The van der Waals surface area contributed by atoms with Crippen LogP contribution in [0.4, 0.5) is 5.69 Å². The number of H-pyrrole nitrogens is 2. The first-order chi connectivity index (χ1) is 17.5. The molecule has 0 spiro atoms. The fourth-order valence-electron chi connectivity index (χ4n) is 5.02. The van der Waals surface area contributed by atoms with Gasteiger partial charge in [0.15, 0.2) is 0 Å². The Balaban J connectivity index is 1.19. The fourth-order valence-corrected chi connectivity index (χ4v) is 5.02. The zero-order valence-corrected chi connectivity index (χ0v) is 20.4. The Morgan fingerprint density at radius 2 is 1.67 bits per heavy atom. The number of piperazine rings is 1. The Morgan fingerprint density at radius 1 is 0.889 bits per heavy atom. The highest BCUT2D eigenvalue weighted by molar-refractivity contribution is 5.91. The number of hydrogen-bond acceptors (Lipinski definition) is 5. The largest absolute Gasteiger partial charge is 0.367 e. The molecule has 0 atom stereocenters. The highest BCUT2D eigenvalue weighted by atomic mass is 16.2. The number of benzene rings is 3. The number of nitrogens with zero attached hydrogens (tertiary/aromatic N) is 4. The van der Waals surface area contributed by atoms with Crippen molar-refractivity contribution in [1.29, 1.82) is 0 Å². The fraction of sp³-hybridized carbons (Fsp3) is 0.250. The minimum absolute atomic E-state index is 0.536. The lowest BCUT2D eigenvalue weighted by atomic mass is 10.1. The molecule has 1 aliphatic rings. The molecule has 0 unspecified atom stereocenters. The van der Waals surface area contributed by atoms with Gasteiger partial charge in [-0.25, -0.2) is 4.98 Å². The minimum atomic E-state index is -0.591. The van der Waals surface area contributed by atoms with Gasteiger partial charge < -0.3 is 19.4 Å². The van der Waals surface area contributed by atoms with E-state index in [2.05, 4.69) is 69.2 Å². The predicted molar refractivity (Wildman–Crippen MR) is 144 cm³/mol. The Labute approximate surface area is 207 Å². The van der Waals surface area contributed by atoms with E-state index >= 15 is 0 Å². The van der Waals surface area contributed by atoms with Gasteiger partial charge in [-0.15, -0.1) is 0 Å². The van der Waals surface area contributed by atoms with E-state index in [0.29, 0.717) is 5.52 Å². The van der Waals surface area contributed by atoms with E-state index in [4.69, 9.17) is 4.98 Å². The van der Waals surface area contributed by atoms with Gasteiger partial charge in [0, 0.05) is 45.3 Å².